The Bertz CT molecular complexity index is 917. The van der Waals surface area contributed by atoms with Crippen LogP contribution in [-0.4, -0.2) is 52.8 Å². The van der Waals surface area contributed by atoms with Crippen molar-refractivity contribution in [2.45, 2.75) is 6.92 Å². The second-order valence-corrected chi connectivity index (χ2v) is 7.53. The van der Waals surface area contributed by atoms with E-state index in [4.69, 9.17) is 16.6 Å². The molecule has 0 N–H and O–H groups in total. The molecule has 6 nitrogen and oxygen atoms in total. The van der Waals surface area contributed by atoms with Gasteiger partial charge in [0.15, 0.2) is 5.13 Å². The zero-order valence-electron chi connectivity index (χ0n) is 14.7. The zero-order valence-corrected chi connectivity index (χ0v) is 16.2. The van der Waals surface area contributed by atoms with Crippen LogP contribution in [0.15, 0.2) is 24.4 Å². The van der Waals surface area contributed by atoms with Crippen LogP contribution in [0.3, 0.4) is 0 Å². The van der Waals surface area contributed by atoms with Gasteiger partial charge < -0.3 is 4.90 Å². The molecule has 1 aromatic carbocycles. The first-order valence-electron chi connectivity index (χ1n) is 7.88. The third kappa shape index (κ3) is 3.53. The standard InChI is InChI=1S/C17H20ClN5OS/c1-11-12(18)5-6-14-15(11)20-17(25-14)23(10-9-21(2)3)16(24)13-7-8-19-22(13)4/h5-8H,9-10H2,1-4H3. The first-order valence-corrected chi connectivity index (χ1v) is 9.08. The normalized spacial score (nSPS) is 11.4. The minimum absolute atomic E-state index is 0.107. The number of aromatic nitrogens is 3. The Morgan fingerprint density at radius 1 is 1.28 bits per heavy atom. The summed E-state index contributed by atoms with van der Waals surface area (Å²) in [7, 11) is 5.73. The number of nitrogens with zero attached hydrogens (tertiary/aromatic N) is 5. The number of amides is 1. The summed E-state index contributed by atoms with van der Waals surface area (Å²) in [6.07, 6.45) is 1.62. The van der Waals surface area contributed by atoms with Crippen molar-refractivity contribution in [2.75, 3.05) is 32.1 Å². The molecular weight excluding hydrogens is 358 g/mol. The molecule has 1 amide bonds. The number of benzene rings is 1. The van der Waals surface area contributed by atoms with Crippen molar-refractivity contribution in [1.29, 1.82) is 0 Å². The van der Waals surface area contributed by atoms with Crippen LogP contribution in [-0.2, 0) is 7.05 Å². The first-order chi connectivity index (χ1) is 11.9. The van der Waals surface area contributed by atoms with Crippen LogP contribution in [0.2, 0.25) is 5.02 Å². The van der Waals surface area contributed by atoms with Crippen molar-refractivity contribution >= 4 is 44.2 Å². The molecule has 0 unspecified atom stereocenters. The molecule has 25 heavy (non-hydrogen) atoms. The fourth-order valence-corrected chi connectivity index (χ4v) is 3.71. The number of rotatable bonds is 5. The predicted octanol–water partition coefficient (Wildman–Crippen LogP) is 3.20. The molecule has 2 aromatic heterocycles. The summed E-state index contributed by atoms with van der Waals surface area (Å²) in [6, 6.07) is 5.54. The lowest BCUT2D eigenvalue weighted by molar-refractivity contribution is 0.0976. The van der Waals surface area contributed by atoms with Crippen molar-refractivity contribution in [2.24, 2.45) is 7.05 Å². The highest BCUT2D eigenvalue weighted by Gasteiger charge is 2.24. The van der Waals surface area contributed by atoms with E-state index in [1.807, 2.05) is 38.1 Å². The fraction of sp³-hybridized carbons (Fsp3) is 0.353. The monoisotopic (exact) mass is 377 g/mol. The van der Waals surface area contributed by atoms with Crippen LogP contribution in [0.1, 0.15) is 16.1 Å². The van der Waals surface area contributed by atoms with Gasteiger partial charge in [0.2, 0.25) is 0 Å². The van der Waals surface area contributed by atoms with Crippen molar-refractivity contribution in [3.8, 4) is 0 Å². The van der Waals surface area contributed by atoms with Gasteiger partial charge in [0.25, 0.3) is 5.91 Å². The summed E-state index contributed by atoms with van der Waals surface area (Å²) < 4.78 is 2.60. The van der Waals surface area contributed by atoms with E-state index >= 15 is 0 Å². The van der Waals surface area contributed by atoms with Gasteiger partial charge in [0.05, 0.1) is 10.2 Å². The van der Waals surface area contributed by atoms with Gasteiger partial charge in [-0.05, 0) is 44.8 Å². The number of anilines is 1. The maximum absolute atomic E-state index is 13.1. The molecule has 8 heteroatoms. The number of aryl methyl sites for hydroxylation is 2. The molecule has 0 aliphatic rings. The zero-order chi connectivity index (χ0) is 18.1. The molecule has 0 bridgehead atoms. The molecular formula is C17H20ClN5OS. The highest BCUT2D eigenvalue weighted by Crippen LogP contribution is 2.34. The highest BCUT2D eigenvalue weighted by molar-refractivity contribution is 7.22. The van der Waals surface area contributed by atoms with E-state index in [1.165, 1.54) is 11.3 Å². The van der Waals surface area contributed by atoms with Gasteiger partial charge in [0, 0.05) is 31.4 Å². The molecule has 2 heterocycles. The van der Waals surface area contributed by atoms with Crippen LogP contribution < -0.4 is 4.90 Å². The SMILES string of the molecule is Cc1c(Cl)ccc2sc(N(CCN(C)C)C(=O)c3ccnn3C)nc12. The average molecular weight is 378 g/mol. The lowest BCUT2D eigenvalue weighted by Gasteiger charge is -2.21. The van der Waals surface area contributed by atoms with Crippen LogP contribution in [0, 0.1) is 6.92 Å². The van der Waals surface area contributed by atoms with E-state index in [1.54, 1.807) is 28.9 Å². The predicted molar refractivity (Wildman–Crippen MR) is 103 cm³/mol. The molecule has 0 spiro atoms. The second kappa shape index (κ2) is 7.11. The van der Waals surface area contributed by atoms with E-state index in [0.717, 1.165) is 22.3 Å². The van der Waals surface area contributed by atoms with Gasteiger partial charge in [-0.2, -0.15) is 5.10 Å². The fourth-order valence-electron chi connectivity index (χ4n) is 2.51. The van der Waals surface area contributed by atoms with Crippen molar-refractivity contribution in [3.63, 3.8) is 0 Å². The highest BCUT2D eigenvalue weighted by atomic mass is 35.5. The van der Waals surface area contributed by atoms with E-state index in [2.05, 4.69) is 5.10 Å². The Morgan fingerprint density at radius 3 is 2.68 bits per heavy atom. The van der Waals surface area contributed by atoms with Crippen molar-refractivity contribution in [1.82, 2.24) is 19.7 Å². The smallest absolute Gasteiger partial charge is 0.278 e. The molecule has 0 fully saturated rings. The maximum atomic E-state index is 13.1. The molecule has 132 valence electrons. The van der Waals surface area contributed by atoms with Gasteiger partial charge in [0.1, 0.15) is 5.69 Å². The van der Waals surface area contributed by atoms with Gasteiger partial charge in [-0.15, -0.1) is 0 Å². The molecule has 0 aliphatic carbocycles. The molecule has 0 radical (unpaired) electrons. The number of fused-ring (bicyclic) bond motifs is 1. The molecule has 0 aliphatic heterocycles. The summed E-state index contributed by atoms with van der Waals surface area (Å²) in [5, 5.41) is 5.46. The molecule has 3 rings (SSSR count). The summed E-state index contributed by atoms with van der Waals surface area (Å²) in [5.74, 6) is -0.107. The second-order valence-electron chi connectivity index (χ2n) is 6.12. The van der Waals surface area contributed by atoms with Gasteiger partial charge in [-0.1, -0.05) is 22.9 Å². The van der Waals surface area contributed by atoms with Crippen LogP contribution in [0.5, 0.6) is 0 Å². The number of carbonyl (C=O) groups excluding carboxylic acids is 1. The lowest BCUT2D eigenvalue weighted by atomic mass is 10.2. The first kappa shape index (κ1) is 17.8. The number of carbonyl (C=O) groups is 1. The lowest BCUT2D eigenvalue weighted by Crippen LogP contribution is -2.37. The Morgan fingerprint density at radius 2 is 2.04 bits per heavy atom. The minimum Gasteiger partial charge on any atom is -0.308 e. The Kier molecular flexibility index (Phi) is 5.08. The van der Waals surface area contributed by atoms with Crippen LogP contribution in [0.4, 0.5) is 5.13 Å². The Labute approximate surface area is 155 Å². The third-order valence-corrected chi connectivity index (χ3v) is 5.48. The summed E-state index contributed by atoms with van der Waals surface area (Å²) in [5.41, 5.74) is 2.31. The van der Waals surface area contributed by atoms with Gasteiger partial charge >= 0.3 is 0 Å². The number of thiazole rings is 1. The molecule has 3 aromatic rings. The van der Waals surface area contributed by atoms with E-state index in [0.29, 0.717) is 22.4 Å². The van der Waals surface area contributed by atoms with Gasteiger partial charge in [-0.25, -0.2) is 4.98 Å². The summed E-state index contributed by atoms with van der Waals surface area (Å²) >= 11 is 7.71. The Hall–Kier alpha value is -1.96. The maximum Gasteiger partial charge on any atom is 0.278 e. The van der Waals surface area contributed by atoms with Gasteiger partial charge in [-0.3, -0.25) is 14.4 Å². The quantitative estimate of drug-likeness (QED) is 0.685. The number of hydrogen-bond donors (Lipinski definition) is 0. The van der Waals surface area contributed by atoms with E-state index in [9.17, 15) is 4.79 Å². The molecule has 0 atom stereocenters. The average Bonchev–Trinajstić information content (AvgIpc) is 3.17. The number of hydrogen-bond acceptors (Lipinski definition) is 5. The van der Waals surface area contributed by atoms with E-state index < -0.39 is 0 Å². The van der Waals surface area contributed by atoms with Crippen molar-refractivity contribution in [3.05, 3.63) is 40.7 Å². The summed E-state index contributed by atoms with van der Waals surface area (Å²) in [4.78, 5) is 21.5. The number of halogens is 1. The molecule has 0 saturated carbocycles. The topological polar surface area (TPSA) is 54.3 Å². The van der Waals surface area contributed by atoms with Crippen molar-refractivity contribution < 1.29 is 4.79 Å². The molecule has 0 saturated heterocycles. The van der Waals surface area contributed by atoms with E-state index in [-0.39, 0.29) is 5.91 Å². The number of likely N-dealkylation sites (N-methyl/N-ethyl adjacent to an activating group) is 1. The van der Waals surface area contributed by atoms with Crippen LogP contribution in [0.25, 0.3) is 10.2 Å². The summed E-state index contributed by atoms with van der Waals surface area (Å²) in [6.45, 7) is 3.23. The largest absolute Gasteiger partial charge is 0.308 e. The third-order valence-electron chi connectivity index (χ3n) is 4.02. The minimum atomic E-state index is -0.107. The Balaban J connectivity index is 2.03. The van der Waals surface area contributed by atoms with Crippen LogP contribution >= 0.6 is 22.9 Å².